The molecule has 1 aliphatic heterocycles. The Morgan fingerprint density at radius 3 is 2.62 bits per heavy atom. The zero-order valence-corrected chi connectivity index (χ0v) is 14.9. The molecule has 2 aromatic rings. The van der Waals surface area contributed by atoms with Crippen LogP contribution in [0.2, 0.25) is 0 Å². The number of hydrogen-bond acceptors (Lipinski definition) is 3. The lowest BCUT2D eigenvalue weighted by Gasteiger charge is -2.31. The maximum Gasteiger partial charge on any atom is 0.260 e. The number of amides is 2. The number of benzene rings is 1. The molecule has 1 atom stereocenters. The molecular formula is C20H23N3O3. The van der Waals surface area contributed by atoms with E-state index in [0.717, 1.165) is 12.0 Å². The van der Waals surface area contributed by atoms with Crippen molar-refractivity contribution >= 4 is 11.8 Å². The first-order chi connectivity index (χ1) is 12.6. The number of nitrogens with zero attached hydrogens (tertiary/aromatic N) is 2. The summed E-state index contributed by atoms with van der Waals surface area (Å²) in [5, 5.41) is 0. The summed E-state index contributed by atoms with van der Waals surface area (Å²) in [4.78, 5) is 43.4. The molecule has 0 spiro atoms. The summed E-state index contributed by atoms with van der Waals surface area (Å²) >= 11 is 0. The highest BCUT2D eigenvalue weighted by atomic mass is 16.2. The van der Waals surface area contributed by atoms with Gasteiger partial charge in [-0.05, 0) is 24.1 Å². The van der Waals surface area contributed by atoms with E-state index in [1.165, 1.54) is 12.3 Å². The molecule has 0 aliphatic carbocycles. The third-order valence-electron chi connectivity index (χ3n) is 4.79. The first-order valence-electron chi connectivity index (χ1n) is 8.90. The van der Waals surface area contributed by atoms with Gasteiger partial charge in [0.05, 0.1) is 0 Å². The summed E-state index contributed by atoms with van der Waals surface area (Å²) in [5.74, 6) is -0.280. The van der Waals surface area contributed by atoms with Crippen LogP contribution in [0.1, 0.15) is 35.7 Å². The van der Waals surface area contributed by atoms with Crippen molar-refractivity contribution in [3.05, 3.63) is 70.1 Å². The number of aromatic nitrogens is 1. The Hall–Kier alpha value is -2.89. The van der Waals surface area contributed by atoms with Crippen LogP contribution < -0.4 is 5.56 Å². The van der Waals surface area contributed by atoms with E-state index < -0.39 is 5.56 Å². The normalized spacial score (nSPS) is 17.9. The Bertz CT molecular complexity index is 831. The molecule has 1 aliphatic rings. The molecule has 6 nitrogen and oxygen atoms in total. The third kappa shape index (κ3) is 3.85. The van der Waals surface area contributed by atoms with Crippen LogP contribution in [-0.4, -0.2) is 45.7 Å². The highest BCUT2D eigenvalue weighted by Crippen LogP contribution is 2.18. The Morgan fingerprint density at radius 1 is 1.15 bits per heavy atom. The first-order valence-corrected chi connectivity index (χ1v) is 8.90. The number of carbonyl (C=O) groups is 2. The Balaban J connectivity index is 1.81. The number of rotatable bonds is 4. The lowest BCUT2D eigenvalue weighted by molar-refractivity contribution is -0.133. The summed E-state index contributed by atoms with van der Waals surface area (Å²) in [7, 11) is 0. The van der Waals surface area contributed by atoms with Crippen molar-refractivity contribution < 1.29 is 9.59 Å². The Labute approximate surface area is 152 Å². The molecule has 2 amide bonds. The van der Waals surface area contributed by atoms with Crippen LogP contribution in [0.15, 0.2) is 53.5 Å². The van der Waals surface area contributed by atoms with Crippen molar-refractivity contribution in [1.82, 2.24) is 14.8 Å². The van der Waals surface area contributed by atoms with E-state index in [1.54, 1.807) is 11.0 Å². The molecule has 3 rings (SSSR count). The number of H-pyrrole nitrogens is 1. The predicted octanol–water partition coefficient (Wildman–Crippen LogP) is 2.03. The zero-order valence-electron chi connectivity index (χ0n) is 14.9. The summed E-state index contributed by atoms with van der Waals surface area (Å²) < 4.78 is 0. The number of hydrogen-bond donors (Lipinski definition) is 1. The molecule has 26 heavy (non-hydrogen) atoms. The summed E-state index contributed by atoms with van der Waals surface area (Å²) in [5.41, 5.74) is 0.784. The minimum Gasteiger partial charge on any atom is -0.336 e. The van der Waals surface area contributed by atoms with Gasteiger partial charge in [0.2, 0.25) is 5.91 Å². The van der Waals surface area contributed by atoms with E-state index in [9.17, 15) is 14.4 Å². The minimum atomic E-state index is -0.401. The topological polar surface area (TPSA) is 73.5 Å². The van der Waals surface area contributed by atoms with Crippen molar-refractivity contribution in [3.8, 4) is 0 Å². The largest absolute Gasteiger partial charge is 0.336 e. The summed E-state index contributed by atoms with van der Waals surface area (Å²) in [6, 6.07) is 12.9. The van der Waals surface area contributed by atoms with Gasteiger partial charge in [-0.1, -0.05) is 37.3 Å². The monoisotopic (exact) mass is 353 g/mol. The fourth-order valence-corrected chi connectivity index (χ4v) is 3.31. The standard InChI is InChI=1S/C20H23N3O3/c1-2-16-14-22(20(26)17-9-6-11-21-19(17)25)12-10-18(24)23(16)13-15-7-4-3-5-8-15/h3-9,11,16H,2,10,12-14H2,1H3,(H,21,25)/t16-/m0/s1. The lowest BCUT2D eigenvalue weighted by atomic mass is 10.1. The first kappa shape index (κ1) is 17.9. The van der Waals surface area contributed by atoms with Gasteiger partial charge in [-0.2, -0.15) is 0 Å². The molecule has 0 unspecified atom stereocenters. The molecule has 1 saturated heterocycles. The van der Waals surface area contributed by atoms with Crippen molar-refractivity contribution in [2.75, 3.05) is 13.1 Å². The fourth-order valence-electron chi connectivity index (χ4n) is 3.31. The molecule has 1 fully saturated rings. The molecule has 1 aromatic heterocycles. The van der Waals surface area contributed by atoms with Crippen molar-refractivity contribution in [2.45, 2.75) is 32.4 Å². The lowest BCUT2D eigenvalue weighted by Crippen LogP contribution is -2.44. The van der Waals surface area contributed by atoms with E-state index in [2.05, 4.69) is 4.98 Å². The molecule has 2 heterocycles. The number of aromatic amines is 1. The van der Waals surface area contributed by atoms with E-state index >= 15 is 0 Å². The van der Waals surface area contributed by atoms with Crippen LogP contribution in [0.3, 0.4) is 0 Å². The van der Waals surface area contributed by atoms with Gasteiger partial charge in [0.1, 0.15) is 5.56 Å². The average molecular weight is 353 g/mol. The van der Waals surface area contributed by atoms with Crippen molar-refractivity contribution in [2.24, 2.45) is 0 Å². The van der Waals surface area contributed by atoms with Crippen LogP contribution in [0, 0.1) is 0 Å². The zero-order chi connectivity index (χ0) is 18.5. The fraction of sp³-hybridized carbons (Fsp3) is 0.350. The van der Waals surface area contributed by atoms with E-state index in [1.807, 2.05) is 42.2 Å². The Morgan fingerprint density at radius 2 is 1.92 bits per heavy atom. The highest BCUT2D eigenvalue weighted by molar-refractivity contribution is 5.94. The smallest absolute Gasteiger partial charge is 0.260 e. The molecule has 1 aromatic carbocycles. The predicted molar refractivity (Wildman–Crippen MR) is 98.7 cm³/mol. The van der Waals surface area contributed by atoms with Gasteiger partial charge in [0.15, 0.2) is 0 Å². The summed E-state index contributed by atoms with van der Waals surface area (Å²) in [6.45, 7) is 3.31. The third-order valence-corrected chi connectivity index (χ3v) is 4.79. The maximum absolute atomic E-state index is 12.8. The van der Waals surface area contributed by atoms with Gasteiger partial charge >= 0.3 is 0 Å². The maximum atomic E-state index is 12.8. The summed E-state index contributed by atoms with van der Waals surface area (Å²) in [6.07, 6.45) is 2.51. The van der Waals surface area contributed by atoms with Gasteiger partial charge in [-0.15, -0.1) is 0 Å². The second kappa shape index (κ2) is 7.99. The molecule has 1 N–H and O–H groups in total. The number of carbonyl (C=O) groups excluding carboxylic acids is 2. The molecular weight excluding hydrogens is 330 g/mol. The quantitative estimate of drug-likeness (QED) is 0.914. The van der Waals surface area contributed by atoms with Crippen LogP contribution in [0.25, 0.3) is 0 Å². The highest BCUT2D eigenvalue weighted by Gasteiger charge is 2.31. The van der Waals surface area contributed by atoms with E-state index in [0.29, 0.717) is 19.6 Å². The average Bonchev–Trinajstić information content (AvgIpc) is 2.82. The Kier molecular flexibility index (Phi) is 5.51. The molecule has 6 heteroatoms. The van der Waals surface area contributed by atoms with Gasteiger partial charge < -0.3 is 14.8 Å². The number of nitrogens with one attached hydrogen (secondary N) is 1. The molecule has 0 radical (unpaired) electrons. The van der Waals surface area contributed by atoms with Gasteiger partial charge in [-0.25, -0.2) is 0 Å². The van der Waals surface area contributed by atoms with Crippen LogP contribution in [0.4, 0.5) is 0 Å². The van der Waals surface area contributed by atoms with E-state index in [4.69, 9.17) is 0 Å². The molecule has 136 valence electrons. The van der Waals surface area contributed by atoms with Crippen molar-refractivity contribution in [3.63, 3.8) is 0 Å². The van der Waals surface area contributed by atoms with Crippen molar-refractivity contribution in [1.29, 1.82) is 0 Å². The van der Waals surface area contributed by atoms with Gasteiger partial charge in [-0.3, -0.25) is 14.4 Å². The van der Waals surface area contributed by atoms with E-state index in [-0.39, 0.29) is 29.8 Å². The number of pyridine rings is 1. The van der Waals surface area contributed by atoms with Gasteiger partial charge in [0.25, 0.3) is 11.5 Å². The SMILES string of the molecule is CC[C@H]1CN(C(=O)c2ccc[nH]c2=O)CCC(=O)N1Cc1ccccc1. The molecule has 0 bridgehead atoms. The van der Waals surface area contributed by atoms with Gasteiger partial charge in [0, 0.05) is 38.3 Å². The second-order valence-corrected chi connectivity index (χ2v) is 6.48. The minimum absolute atomic E-state index is 0.0398. The van der Waals surface area contributed by atoms with Crippen LogP contribution in [-0.2, 0) is 11.3 Å². The van der Waals surface area contributed by atoms with Crippen LogP contribution >= 0.6 is 0 Å². The van der Waals surface area contributed by atoms with Crippen LogP contribution in [0.5, 0.6) is 0 Å². The molecule has 0 saturated carbocycles. The second-order valence-electron chi connectivity index (χ2n) is 6.48.